The van der Waals surface area contributed by atoms with Crippen LogP contribution in [0.1, 0.15) is 20.3 Å². The quantitative estimate of drug-likeness (QED) is 0.544. The van der Waals surface area contributed by atoms with Crippen LogP contribution >= 0.6 is 0 Å². The van der Waals surface area contributed by atoms with Crippen molar-refractivity contribution in [1.29, 1.82) is 0 Å². The van der Waals surface area contributed by atoms with E-state index in [1.807, 2.05) is 44.2 Å². The Balaban J connectivity index is 1.57. The molecule has 1 heterocycles. The molecule has 2 rings (SSSR count). The standard InChI is InChI=1S/C17H24O4/c1-14(2)19-11-7-3-6-10-18-12-15-13-20-16-8-4-5-9-17(16)21-15/h3-6,8-9,14-15H,7,10-13H2,1-2H3. The third kappa shape index (κ3) is 5.78. The van der Waals surface area contributed by atoms with E-state index in [2.05, 4.69) is 6.08 Å². The number of benzene rings is 1. The molecule has 4 nitrogen and oxygen atoms in total. The van der Waals surface area contributed by atoms with Crippen molar-refractivity contribution in [1.82, 2.24) is 0 Å². The average molecular weight is 292 g/mol. The molecule has 21 heavy (non-hydrogen) atoms. The second-order valence-corrected chi connectivity index (χ2v) is 5.21. The largest absolute Gasteiger partial charge is 0.486 e. The summed E-state index contributed by atoms with van der Waals surface area (Å²) in [5.74, 6) is 1.59. The first kappa shape index (κ1) is 15.9. The molecule has 0 aliphatic carbocycles. The maximum absolute atomic E-state index is 5.81. The van der Waals surface area contributed by atoms with E-state index in [1.54, 1.807) is 0 Å². The average Bonchev–Trinajstić information content (AvgIpc) is 2.49. The fourth-order valence-electron chi connectivity index (χ4n) is 1.97. The summed E-state index contributed by atoms with van der Waals surface area (Å²) >= 11 is 0. The summed E-state index contributed by atoms with van der Waals surface area (Å²) in [7, 11) is 0. The van der Waals surface area contributed by atoms with E-state index in [1.165, 1.54) is 0 Å². The maximum atomic E-state index is 5.81. The Hall–Kier alpha value is -1.52. The van der Waals surface area contributed by atoms with E-state index < -0.39 is 0 Å². The molecule has 116 valence electrons. The monoisotopic (exact) mass is 292 g/mol. The van der Waals surface area contributed by atoms with Crippen LogP contribution in [0.4, 0.5) is 0 Å². The third-order valence-corrected chi connectivity index (χ3v) is 2.99. The molecule has 0 saturated carbocycles. The van der Waals surface area contributed by atoms with Gasteiger partial charge in [-0.2, -0.15) is 0 Å². The number of para-hydroxylation sites is 2. The summed E-state index contributed by atoms with van der Waals surface area (Å²) in [5, 5.41) is 0. The number of ether oxygens (including phenoxy) is 4. The second-order valence-electron chi connectivity index (χ2n) is 5.21. The zero-order valence-electron chi connectivity index (χ0n) is 12.8. The molecule has 1 unspecified atom stereocenters. The first-order valence-electron chi connectivity index (χ1n) is 7.48. The molecule has 0 saturated heterocycles. The number of fused-ring (bicyclic) bond motifs is 1. The van der Waals surface area contributed by atoms with Crippen molar-refractivity contribution in [2.24, 2.45) is 0 Å². The Morgan fingerprint density at radius 2 is 2.05 bits per heavy atom. The predicted molar refractivity (Wildman–Crippen MR) is 82.0 cm³/mol. The van der Waals surface area contributed by atoms with Crippen LogP contribution in [0.25, 0.3) is 0 Å². The van der Waals surface area contributed by atoms with Gasteiger partial charge in [-0.1, -0.05) is 24.3 Å². The highest BCUT2D eigenvalue weighted by Crippen LogP contribution is 2.30. The summed E-state index contributed by atoms with van der Waals surface area (Å²) in [6.07, 6.45) is 5.26. The summed E-state index contributed by atoms with van der Waals surface area (Å²) in [6.45, 7) is 6.48. The predicted octanol–water partition coefficient (Wildman–Crippen LogP) is 3.21. The van der Waals surface area contributed by atoms with Gasteiger partial charge in [0.05, 0.1) is 25.9 Å². The number of hydrogen-bond donors (Lipinski definition) is 0. The van der Waals surface area contributed by atoms with Crippen molar-refractivity contribution in [3.05, 3.63) is 36.4 Å². The van der Waals surface area contributed by atoms with E-state index in [0.29, 0.717) is 25.9 Å². The Kier molecular flexibility index (Phi) is 6.57. The van der Waals surface area contributed by atoms with Crippen LogP contribution in [0, 0.1) is 0 Å². The second kappa shape index (κ2) is 8.70. The van der Waals surface area contributed by atoms with Gasteiger partial charge in [-0.3, -0.25) is 0 Å². The lowest BCUT2D eigenvalue weighted by Crippen LogP contribution is -2.33. The van der Waals surface area contributed by atoms with Gasteiger partial charge < -0.3 is 18.9 Å². The van der Waals surface area contributed by atoms with E-state index in [-0.39, 0.29) is 6.10 Å². The Labute approximate surface area is 126 Å². The highest BCUT2D eigenvalue weighted by molar-refractivity contribution is 5.40. The molecular weight excluding hydrogens is 268 g/mol. The summed E-state index contributed by atoms with van der Waals surface area (Å²) in [4.78, 5) is 0. The SMILES string of the molecule is CC(C)OCCC=CCOCC1COc2ccccc2O1. The van der Waals surface area contributed by atoms with Crippen molar-refractivity contribution < 1.29 is 18.9 Å². The third-order valence-electron chi connectivity index (χ3n) is 2.99. The molecule has 0 fully saturated rings. The molecule has 0 aromatic heterocycles. The molecule has 0 radical (unpaired) electrons. The minimum Gasteiger partial charge on any atom is -0.486 e. The first-order chi connectivity index (χ1) is 10.3. The molecule has 1 aromatic carbocycles. The van der Waals surface area contributed by atoms with Gasteiger partial charge in [-0.05, 0) is 32.4 Å². The summed E-state index contributed by atoms with van der Waals surface area (Å²) in [5.41, 5.74) is 0. The molecule has 1 aromatic rings. The smallest absolute Gasteiger partial charge is 0.161 e. The zero-order chi connectivity index (χ0) is 14.9. The van der Waals surface area contributed by atoms with E-state index in [0.717, 1.165) is 24.5 Å². The Bertz CT molecular complexity index is 442. The van der Waals surface area contributed by atoms with Gasteiger partial charge in [-0.25, -0.2) is 0 Å². The van der Waals surface area contributed by atoms with Crippen LogP contribution in [-0.2, 0) is 9.47 Å². The molecule has 1 atom stereocenters. The molecule has 0 N–H and O–H groups in total. The highest BCUT2D eigenvalue weighted by atomic mass is 16.6. The first-order valence-corrected chi connectivity index (χ1v) is 7.48. The van der Waals surface area contributed by atoms with Crippen molar-refractivity contribution in [2.75, 3.05) is 26.4 Å². The zero-order valence-corrected chi connectivity index (χ0v) is 12.8. The van der Waals surface area contributed by atoms with Crippen molar-refractivity contribution in [3.63, 3.8) is 0 Å². The number of hydrogen-bond acceptors (Lipinski definition) is 4. The summed E-state index contributed by atoms with van der Waals surface area (Å²) in [6, 6.07) is 7.70. The maximum Gasteiger partial charge on any atom is 0.161 e. The van der Waals surface area contributed by atoms with Crippen LogP contribution in [0.15, 0.2) is 36.4 Å². The van der Waals surface area contributed by atoms with Crippen molar-refractivity contribution >= 4 is 0 Å². The van der Waals surface area contributed by atoms with Crippen LogP contribution in [0.5, 0.6) is 11.5 Å². The van der Waals surface area contributed by atoms with E-state index in [4.69, 9.17) is 18.9 Å². The summed E-state index contributed by atoms with van der Waals surface area (Å²) < 4.78 is 22.5. The van der Waals surface area contributed by atoms with Crippen LogP contribution in [-0.4, -0.2) is 38.6 Å². The lowest BCUT2D eigenvalue weighted by Gasteiger charge is -2.26. The Morgan fingerprint density at radius 3 is 2.86 bits per heavy atom. The van der Waals surface area contributed by atoms with Gasteiger partial charge >= 0.3 is 0 Å². The Morgan fingerprint density at radius 1 is 1.24 bits per heavy atom. The minimum absolute atomic E-state index is 0.0439. The molecule has 0 bridgehead atoms. The fraction of sp³-hybridized carbons (Fsp3) is 0.529. The molecule has 4 heteroatoms. The van der Waals surface area contributed by atoms with Gasteiger partial charge in [-0.15, -0.1) is 0 Å². The topological polar surface area (TPSA) is 36.9 Å². The molecule has 0 amide bonds. The van der Waals surface area contributed by atoms with Gasteiger partial charge in [0.15, 0.2) is 17.6 Å². The molecule has 1 aliphatic rings. The van der Waals surface area contributed by atoms with Crippen molar-refractivity contribution in [3.8, 4) is 11.5 Å². The normalized spacial score (nSPS) is 17.6. The van der Waals surface area contributed by atoms with Crippen LogP contribution < -0.4 is 9.47 Å². The van der Waals surface area contributed by atoms with Gasteiger partial charge in [0.2, 0.25) is 0 Å². The van der Waals surface area contributed by atoms with Crippen LogP contribution in [0.2, 0.25) is 0 Å². The van der Waals surface area contributed by atoms with Gasteiger partial charge in [0.1, 0.15) is 6.61 Å². The minimum atomic E-state index is -0.0439. The molecular formula is C17H24O4. The molecule has 0 spiro atoms. The lowest BCUT2D eigenvalue weighted by atomic mass is 10.3. The van der Waals surface area contributed by atoms with Crippen molar-refractivity contribution in [2.45, 2.75) is 32.5 Å². The fourth-order valence-corrected chi connectivity index (χ4v) is 1.97. The van der Waals surface area contributed by atoms with Gasteiger partial charge in [0, 0.05) is 0 Å². The highest BCUT2D eigenvalue weighted by Gasteiger charge is 2.20. The van der Waals surface area contributed by atoms with Gasteiger partial charge in [0.25, 0.3) is 0 Å². The van der Waals surface area contributed by atoms with E-state index >= 15 is 0 Å². The van der Waals surface area contributed by atoms with Crippen LogP contribution in [0.3, 0.4) is 0 Å². The van der Waals surface area contributed by atoms with E-state index in [9.17, 15) is 0 Å². The molecule has 1 aliphatic heterocycles. The lowest BCUT2D eigenvalue weighted by molar-refractivity contribution is 0.0171. The number of rotatable bonds is 8.